The van der Waals surface area contributed by atoms with E-state index in [1.165, 1.54) is 23.8 Å². The normalized spacial score (nSPS) is 19.4. The zero-order valence-electron chi connectivity index (χ0n) is 14.9. The van der Waals surface area contributed by atoms with Crippen molar-refractivity contribution in [3.8, 4) is 0 Å². The predicted molar refractivity (Wildman–Crippen MR) is 106 cm³/mol. The number of amides is 2. The average Bonchev–Trinajstić information content (AvgIpc) is 2.79. The number of hydrazone groups is 1. The molecule has 1 heterocycles. The molecule has 0 aromatic heterocycles. The Hall–Kier alpha value is -1.84. The molecule has 1 aromatic carbocycles. The predicted octanol–water partition coefficient (Wildman–Crippen LogP) is 2.56. The van der Waals surface area contributed by atoms with Crippen molar-refractivity contribution in [2.75, 3.05) is 26.0 Å². The Kier molecular flexibility index (Phi) is 5.91. The van der Waals surface area contributed by atoms with Crippen molar-refractivity contribution in [1.29, 1.82) is 0 Å². The van der Waals surface area contributed by atoms with Crippen molar-refractivity contribution in [2.24, 2.45) is 5.10 Å². The van der Waals surface area contributed by atoms with E-state index >= 15 is 0 Å². The Bertz CT molecular complexity index is 676. The van der Waals surface area contributed by atoms with Crippen LogP contribution in [0.5, 0.6) is 0 Å². The fraction of sp³-hybridized carbons (Fsp3) is 0.438. The van der Waals surface area contributed by atoms with Crippen molar-refractivity contribution in [3.05, 3.63) is 29.8 Å². The minimum absolute atomic E-state index is 0.499. The molecule has 0 saturated carbocycles. The number of hydrogen-bond acceptors (Lipinski definition) is 6. The maximum absolute atomic E-state index is 11.8. The molecule has 2 amide bonds. The molecule has 0 aliphatic carbocycles. The van der Waals surface area contributed by atoms with Crippen molar-refractivity contribution < 1.29 is 10.0 Å². The van der Waals surface area contributed by atoms with Gasteiger partial charge in [0.2, 0.25) is 0 Å². The fourth-order valence-electron chi connectivity index (χ4n) is 2.44. The van der Waals surface area contributed by atoms with Crippen LogP contribution in [0.4, 0.5) is 10.5 Å². The summed E-state index contributed by atoms with van der Waals surface area (Å²) in [6.45, 7) is 3.81. The van der Waals surface area contributed by atoms with Gasteiger partial charge in [-0.2, -0.15) is 10.2 Å². The van der Waals surface area contributed by atoms with Crippen LogP contribution in [0.3, 0.4) is 0 Å². The van der Waals surface area contributed by atoms with E-state index in [4.69, 9.17) is 12.2 Å². The summed E-state index contributed by atoms with van der Waals surface area (Å²) in [6.07, 6.45) is 0.959. The van der Waals surface area contributed by atoms with Gasteiger partial charge in [-0.15, -0.1) is 0 Å². The van der Waals surface area contributed by atoms with Gasteiger partial charge < -0.3 is 10.2 Å². The zero-order valence-corrected chi connectivity index (χ0v) is 16.6. The lowest BCUT2D eigenvalue weighted by atomic mass is 10.1. The minimum atomic E-state index is -0.706. The van der Waals surface area contributed by atoms with Gasteiger partial charge in [0.1, 0.15) is 0 Å². The lowest BCUT2D eigenvalue weighted by Crippen LogP contribution is -2.55. The molecule has 0 bridgehead atoms. The highest BCUT2D eigenvalue weighted by molar-refractivity contribution is 8.24. The Morgan fingerprint density at radius 1 is 1.40 bits per heavy atom. The highest BCUT2D eigenvalue weighted by atomic mass is 32.2. The molecule has 0 spiro atoms. The molecule has 25 heavy (non-hydrogen) atoms. The lowest BCUT2D eigenvalue weighted by Gasteiger charge is -2.33. The van der Waals surface area contributed by atoms with Crippen LogP contribution >= 0.6 is 24.0 Å². The second kappa shape index (κ2) is 7.59. The second-order valence-electron chi connectivity index (χ2n) is 6.32. The number of hydrogen-bond donors (Lipinski definition) is 2. The Labute approximate surface area is 157 Å². The number of thiocarbonyl (C=S) groups is 1. The lowest BCUT2D eigenvalue weighted by molar-refractivity contribution is -0.117. The molecule has 0 unspecified atom stereocenters. The van der Waals surface area contributed by atoms with E-state index in [1.807, 2.05) is 57.1 Å². The minimum Gasteiger partial charge on any atom is -0.378 e. The summed E-state index contributed by atoms with van der Waals surface area (Å²) >= 11 is 6.77. The first-order valence-corrected chi connectivity index (χ1v) is 8.93. The summed E-state index contributed by atoms with van der Waals surface area (Å²) in [5, 5.41) is 19.2. The quantitative estimate of drug-likeness (QED) is 0.361. The highest BCUT2D eigenvalue weighted by Gasteiger charge is 2.49. The van der Waals surface area contributed by atoms with Crippen molar-refractivity contribution >= 4 is 46.2 Å². The number of rotatable bonds is 4. The molecule has 1 aliphatic heterocycles. The van der Waals surface area contributed by atoms with Gasteiger partial charge in [-0.1, -0.05) is 36.1 Å². The molecular weight excluding hydrogens is 358 g/mol. The Balaban J connectivity index is 2.25. The molecule has 1 aliphatic rings. The summed E-state index contributed by atoms with van der Waals surface area (Å²) in [4.78, 5) is 13.9. The Morgan fingerprint density at radius 2 is 2.00 bits per heavy atom. The van der Waals surface area contributed by atoms with Gasteiger partial charge in [0.15, 0.2) is 10.5 Å². The van der Waals surface area contributed by atoms with Gasteiger partial charge in [0.25, 0.3) is 0 Å². The van der Waals surface area contributed by atoms with E-state index in [2.05, 4.69) is 10.4 Å². The molecule has 1 atom stereocenters. The van der Waals surface area contributed by atoms with Gasteiger partial charge in [-0.3, -0.25) is 5.21 Å². The van der Waals surface area contributed by atoms with Crippen LogP contribution in [-0.4, -0.2) is 63.9 Å². The largest absolute Gasteiger partial charge is 0.378 e. The van der Waals surface area contributed by atoms with Crippen LogP contribution in [0, 0.1) is 0 Å². The molecule has 7 nitrogen and oxygen atoms in total. The maximum atomic E-state index is 11.8. The molecular formula is C16H23N5O2S2. The van der Waals surface area contributed by atoms with E-state index in [9.17, 15) is 10.0 Å². The van der Waals surface area contributed by atoms with E-state index < -0.39 is 16.9 Å². The third kappa shape index (κ3) is 4.23. The first-order chi connectivity index (χ1) is 11.7. The number of anilines is 1. The molecule has 136 valence electrons. The topological polar surface area (TPSA) is 71.4 Å². The summed E-state index contributed by atoms with van der Waals surface area (Å²) < 4.78 is -0.0103. The Morgan fingerprint density at radius 3 is 2.52 bits per heavy atom. The first kappa shape index (κ1) is 19.5. The van der Waals surface area contributed by atoms with Crippen LogP contribution in [-0.2, 0) is 0 Å². The zero-order chi connectivity index (χ0) is 18.8. The van der Waals surface area contributed by atoms with Crippen LogP contribution < -0.4 is 10.2 Å². The SMILES string of the molecule is CNC(=O)N(O)[C@@H]1N(/N=C\c2ccc(N(C)C)cc2)C(=S)SC1(C)C. The van der Waals surface area contributed by atoms with Crippen LogP contribution in [0.1, 0.15) is 19.4 Å². The standard InChI is InChI=1S/C16H23N5O2S2/c1-16(2)13(21(23)14(22)17-3)20(15(24)25-16)18-10-11-6-8-12(9-7-11)19(4)5/h6-10,13,23H,1-5H3,(H,17,22)/b18-10-/t13-/m0/s1. The van der Waals surface area contributed by atoms with Crippen LogP contribution in [0.2, 0.25) is 0 Å². The number of carbonyl (C=O) groups excluding carboxylic acids is 1. The van der Waals surface area contributed by atoms with Crippen molar-refractivity contribution in [2.45, 2.75) is 24.8 Å². The number of hydroxylamine groups is 2. The molecule has 1 saturated heterocycles. The van der Waals surface area contributed by atoms with Crippen LogP contribution in [0.25, 0.3) is 0 Å². The van der Waals surface area contributed by atoms with Crippen LogP contribution in [0.15, 0.2) is 29.4 Å². The summed E-state index contributed by atoms with van der Waals surface area (Å²) in [5.41, 5.74) is 1.98. The van der Waals surface area contributed by atoms with Crippen molar-refractivity contribution in [3.63, 3.8) is 0 Å². The van der Waals surface area contributed by atoms with E-state index in [1.54, 1.807) is 6.21 Å². The fourth-order valence-corrected chi connectivity index (χ4v) is 4.23. The molecule has 9 heteroatoms. The van der Waals surface area contributed by atoms with Gasteiger partial charge in [-0.05, 0) is 31.5 Å². The van der Waals surface area contributed by atoms with E-state index in [0.717, 1.165) is 11.3 Å². The third-order valence-corrected chi connectivity index (χ3v) is 5.32. The second-order valence-corrected chi connectivity index (χ2v) is 8.61. The van der Waals surface area contributed by atoms with Crippen molar-refractivity contribution in [1.82, 2.24) is 15.4 Å². The van der Waals surface area contributed by atoms with Gasteiger partial charge in [0, 0.05) is 26.8 Å². The molecule has 2 N–H and O–H groups in total. The first-order valence-electron chi connectivity index (χ1n) is 7.71. The molecule has 1 fully saturated rings. The summed E-state index contributed by atoms with van der Waals surface area (Å²) in [5.74, 6) is 0. The molecule has 2 rings (SSSR count). The smallest absolute Gasteiger partial charge is 0.343 e. The third-order valence-electron chi connectivity index (χ3n) is 3.79. The number of urea groups is 1. The maximum Gasteiger partial charge on any atom is 0.343 e. The number of carbonyl (C=O) groups is 1. The summed E-state index contributed by atoms with van der Waals surface area (Å²) in [6, 6.07) is 7.26. The average molecular weight is 382 g/mol. The molecule has 0 radical (unpaired) electrons. The van der Waals surface area contributed by atoms with Gasteiger partial charge >= 0.3 is 6.03 Å². The van der Waals surface area contributed by atoms with E-state index in [-0.39, 0.29) is 0 Å². The monoisotopic (exact) mass is 381 g/mol. The summed E-state index contributed by atoms with van der Waals surface area (Å²) in [7, 11) is 5.41. The van der Waals surface area contributed by atoms with Gasteiger partial charge in [-0.25, -0.2) is 9.80 Å². The number of benzene rings is 1. The van der Waals surface area contributed by atoms with Gasteiger partial charge in [0.05, 0.1) is 11.0 Å². The van der Waals surface area contributed by atoms with E-state index in [0.29, 0.717) is 9.38 Å². The number of nitrogens with zero attached hydrogens (tertiary/aromatic N) is 4. The number of nitrogens with one attached hydrogen (secondary N) is 1. The molecule has 1 aromatic rings. The highest BCUT2D eigenvalue weighted by Crippen LogP contribution is 2.42. The number of thioether (sulfide) groups is 1.